The molecule has 0 saturated carbocycles. The molecular weight excluding hydrogens is 250 g/mol. The van der Waals surface area contributed by atoms with Crippen molar-refractivity contribution in [2.75, 3.05) is 11.5 Å². The molecule has 7 N–H and O–H groups in total. The SMILES string of the molecule is N.Nc1ccc(S(=O)(=O)c2ccc(N)cc2)cc1. The molecular formula is C12H15N3O2S. The average Bonchev–Trinajstić information content (AvgIpc) is 2.30. The van der Waals surface area contributed by atoms with Gasteiger partial charge in [0, 0.05) is 11.4 Å². The molecule has 2 aromatic carbocycles. The molecule has 2 rings (SSSR count). The standard InChI is InChI=1S/C12H12N2O2S.H3N/c13-9-1-5-11(6-2-9)17(15,16)12-7-3-10(14)4-8-12;/h1-8H,13-14H2;1H3. The lowest BCUT2D eigenvalue weighted by Crippen LogP contribution is -2.02. The minimum atomic E-state index is -3.48. The van der Waals surface area contributed by atoms with Crippen LogP contribution in [0.4, 0.5) is 11.4 Å². The molecule has 5 nitrogen and oxygen atoms in total. The summed E-state index contributed by atoms with van der Waals surface area (Å²) in [7, 11) is -3.48. The Bertz CT molecular complexity index is 568. The van der Waals surface area contributed by atoms with Gasteiger partial charge in [0.2, 0.25) is 9.84 Å². The molecule has 6 heteroatoms. The summed E-state index contributed by atoms with van der Waals surface area (Å²) in [5.74, 6) is 0. The van der Waals surface area contributed by atoms with Crippen LogP contribution in [0.5, 0.6) is 0 Å². The summed E-state index contributed by atoms with van der Waals surface area (Å²) in [6.07, 6.45) is 0. The van der Waals surface area contributed by atoms with E-state index < -0.39 is 9.84 Å². The van der Waals surface area contributed by atoms with Gasteiger partial charge in [-0.2, -0.15) is 0 Å². The Morgan fingerprint density at radius 1 is 0.667 bits per heavy atom. The first kappa shape index (κ1) is 14.0. The highest BCUT2D eigenvalue weighted by Crippen LogP contribution is 2.22. The molecule has 0 bridgehead atoms. The summed E-state index contributed by atoms with van der Waals surface area (Å²) in [5.41, 5.74) is 12.1. The van der Waals surface area contributed by atoms with Crippen molar-refractivity contribution in [3.8, 4) is 0 Å². The van der Waals surface area contributed by atoms with Crippen LogP contribution in [-0.4, -0.2) is 8.42 Å². The van der Waals surface area contributed by atoms with Crippen LogP contribution in [0, 0.1) is 0 Å². The Balaban J connectivity index is 0.00000162. The molecule has 0 aliphatic rings. The second kappa shape index (κ2) is 5.07. The lowest BCUT2D eigenvalue weighted by atomic mass is 10.3. The summed E-state index contributed by atoms with van der Waals surface area (Å²) in [5, 5.41) is 0. The quantitative estimate of drug-likeness (QED) is 0.715. The molecule has 0 heterocycles. The summed E-state index contributed by atoms with van der Waals surface area (Å²) >= 11 is 0. The van der Waals surface area contributed by atoms with E-state index in [2.05, 4.69) is 0 Å². The number of hydrogen-bond donors (Lipinski definition) is 3. The number of anilines is 2. The van der Waals surface area contributed by atoms with Crippen molar-refractivity contribution in [1.82, 2.24) is 6.15 Å². The summed E-state index contributed by atoms with van der Waals surface area (Å²) < 4.78 is 24.3. The number of nitrogens with two attached hydrogens (primary N) is 2. The van der Waals surface area contributed by atoms with Gasteiger partial charge in [-0.05, 0) is 48.5 Å². The minimum Gasteiger partial charge on any atom is -0.399 e. The fourth-order valence-corrected chi connectivity index (χ4v) is 2.69. The van der Waals surface area contributed by atoms with Gasteiger partial charge in [-0.1, -0.05) is 0 Å². The predicted octanol–water partition coefficient (Wildman–Crippen LogP) is 1.85. The zero-order chi connectivity index (χ0) is 12.5. The molecule has 0 aliphatic carbocycles. The van der Waals surface area contributed by atoms with Crippen molar-refractivity contribution in [1.29, 1.82) is 0 Å². The van der Waals surface area contributed by atoms with E-state index in [1.807, 2.05) is 0 Å². The highest BCUT2D eigenvalue weighted by molar-refractivity contribution is 7.91. The summed E-state index contributed by atoms with van der Waals surface area (Å²) in [6, 6.07) is 12.2. The predicted molar refractivity (Wildman–Crippen MR) is 72.2 cm³/mol. The van der Waals surface area contributed by atoms with Gasteiger partial charge in [0.1, 0.15) is 0 Å². The molecule has 0 atom stereocenters. The fraction of sp³-hybridized carbons (Fsp3) is 0. The lowest BCUT2D eigenvalue weighted by Gasteiger charge is -2.05. The van der Waals surface area contributed by atoms with E-state index in [4.69, 9.17) is 11.5 Å². The Hall–Kier alpha value is -2.05. The maximum atomic E-state index is 12.2. The molecule has 18 heavy (non-hydrogen) atoms. The van der Waals surface area contributed by atoms with Crippen molar-refractivity contribution in [3.63, 3.8) is 0 Å². The minimum absolute atomic E-state index is 0. The largest absolute Gasteiger partial charge is 0.399 e. The third-order valence-electron chi connectivity index (χ3n) is 2.38. The molecule has 96 valence electrons. The molecule has 0 fully saturated rings. The van der Waals surface area contributed by atoms with Crippen LogP contribution in [0.15, 0.2) is 58.3 Å². The molecule has 0 radical (unpaired) electrons. The molecule has 0 amide bonds. The van der Waals surface area contributed by atoms with Gasteiger partial charge in [0.25, 0.3) is 0 Å². The number of nitrogen functional groups attached to an aromatic ring is 2. The molecule has 0 spiro atoms. The van der Waals surface area contributed by atoms with Gasteiger partial charge in [0.05, 0.1) is 9.79 Å². The topological polar surface area (TPSA) is 121 Å². The first-order valence-corrected chi connectivity index (χ1v) is 6.44. The van der Waals surface area contributed by atoms with Gasteiger partial charge in [-0.25, -0.2) is 8.42 Å². The van der Waals surface area contributed by atoms with Crippen LogP contribution in [0.2, 0.25) is 0 Å². The maximum Gasteiger partial charge on any atom is 0.206 e. The van der Waals surface area contributed by atoms with E-state index in [0.717, 1.165) is 0 Å². The Labute approximate surface area is 106 Å². The van der Waals surface area contributed by atoms with Crippen molar-refractivity contribution >= 4 is 21.2 Å². The van der Waals surface area contributed by atoms with Gasteiger partial charge in [0.15, 0.2) is 0 Å². The van der Waals surface area contributed by atoms with Crippen LogP contribution < -0.4 is 17.6 Å². The molecule has 0 aliphatic heterocycles. The van der Waals surface area contributed by atoms with E-state index in [0.29, 0.717) is 11.4 Å². The Morgan fingerprint density at radius 3 is 1.22 bits per heavy atom. The maximum absolute atomic E-state index is 12.2. The van der Waals surface area contributed by atoms with Gasteiger partial charge >= 0.3 is 0 Å². The number of hydrogen-bond acceptors (Lipinski definition) is 5. The first-order chi connectivity index (χ1) is 8.00. The zero-order valence-electron chi connectivity index (χ0n) is 9.71. The Morgan fingerprint density at radius 2 is 0.944 bits per heavy atom. The highest BCUT2D eigenvalue weighted by atomic mass is 32.2. The fourth-order valence-electron chi connectivity index (χ4n) is 1.43. The van der Waals surface area contributed by atoms with Crippen molar-refractivity contribution < 1.29 is 8.42 Å². The van der Waals surface area contributed by atoms with Crippen molar-refractivity contribution in [2.24, 2.45) is 0 Å². The normalized spacial score (nSPS) is 10.7. The van der Waals surface area contributed by atoms with E-state index in [1.165, 1.54) is 24.3 Å². The molecule has 2 aromatic rings. The van der Waals surface area contributed by atoms with Crippen LogP contribution in [-0.2, 0) is 9.84 Å². The van der Waals surface area contributed by atoms with Crippen molar-refractivity contribution in [3.05, 3.63) is 48.5 Å². The van der Waals surface area contributed by atoms with Crippen LogP contribution >= 0.6 is 0 Å². The second-order valence-corrected chi connectivity index (χ2v) is 5.59. The average molecular weight is 265 g/mol. The number of rotatable bonds is 2. The lowest BCUT2D eigenvalue weighted by molar-refractivity contribution is 0.596. The van der Waals surface area contributed by atoms with Gasteiger partial charge < -0.3 is 17.6 Å². The molecule has 0 aromatic heterocycles. The highest BCUT2D eigenvalue weighted by Gasteiger charge is 2.16. The van der Waals surface area contributed by atoms with E-state index in [1.54, 1.807) is 24.3 Å². The van der Waals surface area contributed by atoms with Crippen LogP contribution in [0.25, 0.3) is 0 Å². The second-order valence-electron chi connectivity index (χ2n) is 3.64. The summed E-state index contributed by atoms with van der Waals surface area (Å²) in [6.45, 7) is 0. The first-order valence-electron chi connectivity index (χ1n) is 4.96. The monoisotopic (exact) mass is 265 g/mol. The molecule has 0 saturated heterocycles. The zero-order valence-corrected chi connectivity index (χ0v) is 10.5. The third kappa shape index (κ3) is 2.61. The van der Waals surface area contributed by atoms with Crippen LogP contribution in [0.3, 0.4) is 0 Å². The third-order valence-corrected chi connectivity index (χ3v) is 4.17. The Kier molecular flexibility index (Phi) is 3.95. The van der Waals surface area contributed by atoms with Crippen LogP contribution in [0.1, 0.15) is 0 Å². The molecule has 0 unspecified atom stereocenters. The summed E-state index contributed by atoms with van der Waals surface area (Å²) in [4.78, 5) is 0.438. The van der Waals surface area contributed by atoms with Gasteiger partial charge in [-0.15, -0.1) is 0 Å². The van der Waals surface area contributed by atoms with E-state index in [9.17, 15) is 8.42 Å². The van der Waals surface area contributed by atoms with Crippen molar-refractivity contribution in [2.45, 2.75) is 9.79 Å². The number of benzene rings is 2. The smallest absolute Gasteiger partial charge is 0.206 e. The number of sulfone groups is 1. The van der Waals surface area contributed by atoms with E-state index in [-0.39, 0.29) is 15.9 Å². The van der Waals surface area contributed by atoms with E-state index >= 15 is 0 Å². The van der Waals surface area contributed by atoms with Gasteiger partial charge in [-0.3, -0.25) is 0 Å².